The van der Waals surface area contributed by atoms with E-state index in [1.807, 2.05) is 25.6 Å². The topological polar surface area (TPSA) is 72.5 Å². The number of H-pyrrole nitrogens is 1. The maximum Gasteiger partial charge on any atom is 0.123 e. The maximum absolute atomic E-state index is 5.99. The van der Waals surface area contributed by atoms with E-state index in [2.05, 4.69) is 22.0 Å². The highest BCUT2D eigenvalue weighted by Crippen LogP contribution is 2.19. The van der Waals surface area contributed by atoms with Crippen molar-refractivity contribution in [3.63, 3.8) is 0 Å². The minimum absolute atomic E-state index is 0.00424. The Bertz CT molecular complexity index is 456. The largest absolute Gasteiger partial charge is 0.341 e. The molecule has 0 spiro atoms. The van der Waals surface area contributed by atoms with Gasteiger partial charge in [-0.05, 0) is 6.42 Å². The van der Waals surface area contributed by atoms with Crippen LogP contribution in [0.1, 0.15) is 31.6 Å². The fourth-order valence-electron chi connectivity index (χ4n) is 1.68. The predicted molar refractivity (Wildman–Crippen MR) is 62.6 cm³/mol. The van der Waals surface area contributed by atoms with Crippen LogP contribution in [0.4, 0.5) is 0 Å². The summed E-state index contributed by atoms with van der Waals surface area (Å²) in [6, 6.07) is -0.00424. The number of nitrogens with two attached hydrogens (primary N) is 1. The number of hydrogen-bond acceptors (Lipinski definition) is 3. The predicted octanol–water partition coefficient (Wildman–Crippen LogP) is 1.61. The molecule has 2 rings (SSSR count). The Morgan fingerprint density at radius 3 is 2.94 bits per heavy atom. The third kappa shape index (κ3) is 2.14. The average molecular weight is 219 g/mol. The molecule has 5 nitrogen and oxygen atoms in total. The molecule has 0 radical (unpaired) electrons. The average Bonchev–Trinajstić information content (AvgIpc) is 2.85. The van der Waals surface area contributed by atoms with Crippen LogP contribution < -0.4 is 5.73 Å². The Hall–Kier alpha value is -1.62. The zero-order valence-corrected chi connectivity index (χ0v) is 9.64. The molecular weight excluding hydrogens is 202 g/mol. The van der Waals surface area contributed by atoms with Crippen LogP contribution in [0.15, 0.2) is 18.6 Å². The van der Waals surface area contributed by atoms with Gasteiger partial charge in [-0.25, -0.2) is 4.98 Å². The zero-order valence-electron chi connectivity index (χ0n) is 9.64. The molecule has 0 fully saturated rings. The van der Waals surface area contributed by atoms with Crippen LogP contribution in [0.5, 0.6) is 0 Å². The molecule has 0 aliphatic rings. The van der Waals surface area contributed by atoms with Gasteiger partial charge in [-0.1, -0.05) is 13.3 Å². The molecule has 0 saturated carbocycles. The van der Waals surface area contributed by atoms with Gasteiger partial charge in [0, 0.05) is 18.8 Å². The van der Waals surface area contributed by atoms with E-state index >= 15 is 0 Å². The third-order valence-corrected chi connectivity index (χ3v) is 2.56. The molecule has 0 saturated heterocycles. The van der Waals surface area contributed by atoms with Crippen molar-refractivity contribution in [3.05, 3.63) is 24.4 Å². The van der Waals surface area contributed by atoms with Gasteiger partial charge in [0.05, 0.1) is 24.1 Å². The van der Waals surface area contributed by atoms with Crippen LogP contribution >= 0.6 is 0 Å². The molecule has 0 amide bonds. The van der Waals surface area contributed by atoms with Crippen LogP contribution in [-0.4, -0.2) is 19.7 Å². The zero-order chi connectivity index (χ0) is 11.5. The Balaban J connectivity index is 2.19. The van der Waals surface area contributed by atoms with E-state index in [0.717, 1.165) is 29.9 Å². The van der Waals surface area contributed by atoms with Crippen LogP contribution in [0, 0.1) is 0 Å². The van der Waals surface area contributed by atoms with Crippen LogP contribution in [0.3, 0.4) is 0 Å². The highest BCUT2D eigenvalue weighted by atomic mass is 15.2. The first kappa shape index (κ1) is 10.9. The lowest BCUT2D eigenvalue weighted by atomic mass is 10.2. The minimum atomic E-state index is -0.00424. The van der Waals surface area contributed by atoms with Crippen LogP contribution in [-0.2, 0) is 7.05 Å². The number of imidazole rings is 1. The first-order chi connectivity index (χ1) is 7.70. The Labute approximate surface area is 94.7 Å². The molecule has 16 heavy (non-hydrogen) atoms. The highest BCUT2D eigenvalue weighted by Gasteiger charge is 2.10. The number of aromatic amines is 1. The highest BCUT2D eigenvalue weighted by molar-refractivity contribution is 5.56. The normalized spacial score (nSPS) is 12.9. The fraction of sp³-hybridized carbons (Fsp3) is 0.455. The van der Waals surface area contributed by atoms with Crippen molar-refractivity contribution in [2.24, 2.45) is 12.8 Å². The monoisotopic (exact) mass is 219 g/mol. The molecule has 3 N–H and O–H groups in total. The summed E-state index contributed by atoms with van der Waals surface area (Å²) >= 11 is 0. The molecule has 86 valence electrons. The molecular formula is C11H17N5. The number of aromatic nitrogens is 4. The SMILES string of the molecule is CCCC(N)c1ncc(-c2cnn(C)c2)[nH]1. The molecule has 2 aromatic rings. The summed E-state index contributed by atoms with van der Waals surface area (Å²) in [5, 5.41) is 4.12. The van der Waals surface area contributed by atoms with Gasteiger partial charge in [0.25, 0.3) is 0 Å². The van der Waals surface area contributed by atoms with Crippen LogP contribution in [0.2, 0.25) is 0 Å². The van der Waals surface area contributed by atoms with E-state index in [-0.39, 0.29) is 6.04 Å². The van der Waals surface area contributed by atoms with Gasteiger partial charge < -0.3 is 10.7 Å². The van der Waals surface area contributed by atoms with Gasteiger partial charge >= 0.3 is 0 Å². The lowest BCUT2D eigenvalue weighted by molar-refractivity contribution is 0.609. The first-order valence-corrected chi connectivity index (χ1v) is 5.50. The van der Waals surface area contributed by atoms with Crippen LogP contribution in [0.25, 0.3) is 11.3 Å². The van der Waals surface area contributed by atoms with E-state index in [1.54, 1.807) is 4.68 Å². The van der Waals surface area contributed by atoms with Gasteiger partial charge in [0.2, 0.25) is 0 Å². The summed E-state index contributed by atoms with van der Waals surface area (Å²) in [4.78, 5) is 7.54. The van der Waals surface area contributed by atoms with Crippen molar-refractivity contribution in [3.8, 4) is 11.3 Å². The quantitative estimate of drug-likeness (QED) is 0.820. The lowest BCUT2D eigenvalue weighted by Crippen LogP contribution is -2.11. The molecule has 0 aliphatic heterocycles. The molecule has 2 aromatic heterocycles. The van der Waals surface area contributed by atoms with Gasteiger partial charge in [-0.3, -0.25) is 4.68 Å². The minimum Gasteiger partial charge on any atom is -0.341 e. The number of nitrogens with zero attached hydrogens (tertiary/aromatic N) is 3. The summed E-state index contributed by atoms with van der Waals surface area (Å²) in [6.45, 7) is 2.12. The molecule has 1 atom stereocenters. The molecule has 0 aliphatic carbocycles. The molecule has 2 heterocycles. The van der Waals surface area contributed by atoms with E-state index < -0.39 is 0 Å². The van der Waals surface area contributed by atoms with Gasteiger partial charge in [-0.15, -0.1) is 0 Å². The van der Waals surface area contributed by atoms with Crippen molar-refractivity contribution in [2.75, 3.05) is 0 Å². The fourth-order valence-corrected chi connectivity index (χ4v) is 1.68. The van der Waals surface area contributed by atoms with E-state index in [0.29, 0.717) is 0 Å². The summed E-state index contributed by atoms with van der Waals surface area (Å²) < 4.78 is 1.77. The van der Waals surface area contributed by atoms with E-state index in [9.17, 15) is 0 Å². The third-order valence-electron chi connectivity index (χ3n) is 2.56. The second-order valence-corrected chi connectivity index (χ2v) is 3.98. The number of rotatable bonds is 4. The molecule has 5 heteroatoms. The van der Waals surface area contributed by atoms with Gasteiger partial charge in [0.1, 0.15) is 5.82 Å². The summed E-state index contributed by atoms with van der Waals surface area (Å²) in [5.74, 6) is 0.848. The smallest absolute Gasteiger partial charge is 0.123 e. The number of nitrogens with one attached hydrogen (secondary N) is 1. The van der Waals surface area contributed by atoms with Gasteiger partial charge in [-0.2, -0.15) is 5.10 Å². The number of hydrogen-bond donors (Lipinski definition) is 2. The van der Waals surface area contributed by atoms with Crippen molar-refractivity contribution in [1.29, 1.82) is 0 Å². The molecule has 0 aromatic carbocycles. The Kier molecular flexibility index (Phi) is 3.05. The molecule has 0 bridgehead atoms. The van der Waals surface area contributed by atoms with Crippen molar-refractivity contribution < 1.29 is 0 Å². The second-order valence-electron chi connectivity index (χ2n) is 3.98. The summed E-state index contributed by atoms with van der Waals surface area (Å²) in [7, 11) is 1.89. The Morgan fingerprint density at radius 2 is 2.31 bits per heavy atom. The standard InChI is InChI=1S/C11H17N5/c1-3-4-9(12)11-13-6-10(15-11)8-5-14-16(2)7-8/h5-7,9H,3-4,12H2,1-2H3,(H,13,15). The Morgan fingerprint density at radius 1 is 1.50 bits per heavy atom. The lowest BCUT2D eigenvalue weighted by Gasteiger charge is -2.05. The van der Waals surface area contributed by atoms with E-state index in [4.69, 9.17) is 5.73 Å². The second kappa shape index (κ2) is 4.49. The van der Waals surface area contributed by atoms with Crippen molar-refractivity contribution >= 4 is 0 Å². The van der Waals surface area contributed by atoms with Crippen molar-refractivity contribution in [1.82, 2.24) is 19.7 Å². The summed E-state index contributed by atoms with van der Waals surface area (Å²) in [6.07, 6.45) is 7.57. The maximum atomic E-state index is 5.99. The molecule has 1 unspecified atom stereocenters. The van der Waals surface area contributed by atoms with Crippen molar-refractivity contribution in [2.45, 2.75) is 25.8 Å². The summed E-state index contributed by atoms with van der Waals surface area (Å²) in [5.41, 5.74) is 7.99. The first-order valence-electron chi connectivity index (χ1n) is 5.50. The number of aryl methyl sites for hydroxylation is 1. The van der Waals surface area contributed by atoms with E-state index in [1.165, 1.54) is 0 Å². The van der Waals surface area contributed by atoms with Gasteiger partial charge in [0.15, 0.2) is 0 Å².